The summed E-state index contributed by atoms with van der Waals surface area (Å²) in [5, 5.41) is 6.91. The van der Waals surface area contributed by atoms with E-state index >= 15 is 4.39 Å². The minimum absolute atomic E-state index is 0.0528. The van der Waals surface area contributed by atoms with Gasteiger partial charge in [0.2, 0.25) is 5.91 Å². The van der Waals surface area contributed by atoms with Gasteiger partial charge < -0.3 is 20.1 Å². The highest BCUT2D eigenvalue weighted by Gasteiger charge is 2.51. The summed E-state index contributed by atoms with van der Waals surface area (Å²) in [5.74, 6) is -1.03. The Balaban J connectivity index is 1.47. The van der Waals surface area contributed by atoms with E-state index < -0.39 is 23.3 Å². The third kappa shape index (κ3) is 6.04. The second kappa shape index (κ2) is 11.3. The standard InChI is InChI=1S/C25H25Cl2FN4O4S/c1-4-36-22-16(8-15(26)9-17(22)27)14-7-18(28)21(30-10-14)13(2)31-24(34)25(5-6-25)32-23(33)19-11-29-20(37-19)12-35-3/h7-11,13H,4-6,12H2,1-3H3,(H,31,34)(H,32,33)/t13-/m1/s1. The molecule has 4 rings (SSSR count). The van der Waals surface area contributed by atoms with Crippen molar-refractivity contribution in [2.75, 3.05) is 13.7 Å². The van der Waals surface area contributed by atoms with Crippen molar-refractivity contribution in [3.8, 4) is 16.9 Å². The average Bonchev–Trinajstić information content (AvgIpc) is 3.48. The SMILES string of the molecule is CCOc1c(Cl)cc(Cl)cc1-c1cnc([C@@H](C)NC(=O)C2(NC(=O)c3cnc(COC)s3)CC2)c(F)c1. The van der Waals surface area contributed by atoms with Gasteiger partial charge in [-0.3, -0.25) is 14.6 Å². The number of carbonyl (C=O) groups excluding carboxylic acids is 2. The molecule has 0 aliphatic heterocycles. The zero-order chi connectivity index (χ0) is 26.7. The molecule has 2 aromatic heterocycles. The Morgan fingerprint density at radius 2 is 1.97 bits per heavy atom. The molecule has 0 unspecified atom stereocenters. The smallest absolute Gasteiger partial charge is 0.263 e. The van der Waals surface area contributed by atoms with Crippen molar-refractivity contribution in [1.82, 2.24) is 20.6 Å². The van der Waals surface area contributed by atoms with Gasteiger partial charge in [0.25, 0.3) is 5.91 Å². The van der Waals surface area contributed by atoms with Crippen LogP contribution in [0.25, 0.3) is 11.1 Å². The molecule has 0 spiro atoms. The fraction of sp³-hybridized carbons (Fsp3) is 0.360. The number of halogens is 3. The molecule has 1 saturated carbocycles. The lowest BCUT2D eigenvalue weighted by Crippen LogP contribution is -2.49. The Morgan fingerprint density at radius 1 is 1.22 bits per heavy atom. The van der Waals surface area contributed by atoms with Crippen LogP contribution in [0, 0.1) is 5.82 Å². The monoisotopic (exact) mass is 566 g/mol. The average molecular weight is 567 g/mol. The maximum Gasteiger partial charge on any atom is 0.263 e. The van der Waals surface area contributed by atoms with Gasteiger partial charge in [-0.2, -0.15) is 0 Å². The molecular weight excluding hydrogens is 542 g/mol. The van der Waals surface area contributed by atoms with E-state index in [9.17, 15) is 9.59 Å². The Bertz CT molecular complexity index is 1330. The van der Waals surface area contributed by atoms with E-state index in [-0.39, 0.29) is 11.6 Å². The number of benzene rings is 1. The number of methoxy groups -OCH3 is 1. The number of thiazole rings is 1. The van der Waals surface area contributed by atoms with E-state index in [2.05, 4.69) is 20.6 Å². The third-order valence-corrected chi connectivity index (χ3v) is 7.29. The Labute approximate surface area is 227 Å². The molecule has 3 aromatic rings. The van der Waals surface area contributed by atoms with Crippen molar-refractivity contribution in [2.45, 2.75) is 44.9 Å². The van der Waals surface area contributed by atoms with Gasteiger partial charge in [0, 0.05) is 29.5 Å². The van der Waals surface area contributed by atoms with Gasteiger partial charge in [0.05, 0.1) is 36.2 Å². The number of carbonyl (C=O) groups is 2. The molecule has 1 atom stereocenters. The molecule has 1 aliphatic rings. The summed E-state index contributed by atoms with van der Waals surface area (Å²) in [5.41, 5.74) is -0.0600. The summed E-state index contributed by atoms with van der Waals surface area (Å²) in [6.45, 7) is 4.10. The molecule has 0 bridgehead atoms. The zero-order valence-corrected chi connectivity index (χ0v) is 22.7. The van der Waals surface area contributed by atoms with Crippen LogP contribution in [0.5, 0.6) is 5.75 Å². The first-order valence-corrected chi connectivity index (χ1v) is 13.1. The summed E-state index contributed by atoms with van der Waals surface area (Å²) in [6.07, 6.45) is 3.88. The highest BCUT2D eigenvalue weighted by Crippen LogP contribution is 2.40. The predicted molar refractivity (Wildman–Crippen MR) is 140 cm³/mol. The number of aromatic nitrogens is 2. The molecular formula is C25H25Cl2FN4O4S. The molecule has 37 heavy (non-hydrogen) atoms. The number of hydrogen-bond donors (Lipinski definition) is 2. The predicted octanol–water partition coefficient (Wildman–Crippen LogP) is 5.34. The van der Waals surface area contributed by atoms with Crippen LogP contribution in [0.4, 0.5) is 4.39 Å². The third-order valence-electron chi connectivity index (χ3n) is 5.82. The first-order chi connectivity index (χ1) is 17.7. The van der Waals surface area contributed by atoms with Gasteiger partial charge in [-0.1, -0.05) is 23.2 Å². The number of ether oxygens (including phenoxy) is 2. The fourth-order valence-corrected chi connectivity index (χ4v) is 5.13. The van der Waals surface area contributed by atoms with Gasteiger partial charge in [0.15, 0.2) is 0 Å². The zero-order valence-electron chi connectivity index (χ0n) is 20.4. The van der Waals surface area contributed by atoms with E-state index in [0.29, 0.717) is 62.9 Å². The molecule has 2 amide bonds. The highest BCUT2D eigenvalue weighted by molar-refractivity contribution is 7.13. The van der Waals surface area contributed by atoms with Crippen molar-refractivity contribution in [3.05, 3.63) is 62.0 Å². The van der Waals surface area contributed by atoms with E-state index in [1.165, 1.54) is 29.8 Å². The van der Waals surface area contributed by atoms with Crippen LogP contribution in [0.3, 0.4) is 0 Å². The summed E-state index contributed by atoms with van der Waals surface area (Å²) in [4.78, 5) is 34.5. The normalized spacial score (nSPS) is 14.6. The molecule has 8 nitrogen and oxygen atoms in total. The molecule has 0 radical (unpaired) electrons. The van der Waals surface area contributed by atoms with Crippen LogP contribution in [-0.2, 0) is 16.1 Å². The van der Waals surface area contributed by atoms with Crippen LogP contribution < -0.4 is 15.4 Å². The van der Waals surface area contributed by atoms with Crippen molar-refractivity contribution >= 4 is 46.4 Å². The molecule has 2 N–H and O–H groups in total. The summed E-state index contributed by atoms with van der Waals surface area (Å²) in [6, 6.07) is 3.72. The lowest BCUT2D eigenvalue weighted by atomic mass is 10.0. The topological polar surface area (TPSA) is 102 Å². The Morgan fingerprint density at radius 3 is 2.62 bits per heavy atom. The molecule has 1 aromatic carbocycles. The van der Waals surface area contributed by atoms with Crippen LogP contribution in [0.15, 0.2) is 30.6 Å². The van der Waals surface area contributed by atoms with E-state index in [4.69, 9.17) is 32.7 Å². The Hall–Kier alpha value is -2.79. The molecule has 2 heterocycles. The Kier molecular flexibility index (Phi) is 8.33. The van der Waals surface area contributed by atoms with Crippen molar-refractivity contribution in [1.29, 1.82) is 0 Å². The first kappa shape index (κ1) is 27.3. The largest absolute Gasteiger partial charge is 0.492 e. The van der Waals surface area contributed by atoms with Crippen molar-refractivity contribution in [2.24, 2.45) is 0 Å². The van der Waals surface area contributed by atoms with Gasteiger partial charge >= 0.3 is 0 Å². The number of rotatable bonds is 10. The van der Waals surface area contributed by atoms with E-state index in [0.717, 1.165) is 0 Å². The fourth-order valence-electron chi connectivity index (χ4n) is 3.80. The van der Waals surface area contributed by atoms with Crippen molar-refractivity contribution in [3.63, 3.8) is 0 Å². The second-order valence-corrected chi connectivity index (χ2v) is 10.5. The second-order valence-electron chi connectivity index (χ2n) is 8.57. The maximum atomic E-state index is 15.2. The molecule has 196 valence electrons. The first-order valence-electron chi connectivity index (χ1n) is 11.5. The maximum absolute atomic E-state index is 15.2. The lowest BCUT2D eigenvalue weighted by molar-refractivity contribution is -0.124. The van der Waals surface area contributed by atoms with Gasteiger partial charge in [-0.15, -0.1) is 11.3 Å². The minimum Gasteiger partial charge on any atom is -0.492 e. The summed E-state index contributed by atoms with van der Waals surface area (Å²) in [7, 11) is 1.54. The van der Waals surface area contributed by atoms with Crippen LogP contribution in [-0.4, -0.2) is 41.0 Å². The van der Waals surface area contributed by atoms with Crippen LogP contribution in [0.2, 0.25) is 10.0 Å². The van der Waals surface area contributed by atoms with Crippen LogP contribution in [0.1, 0.15) is 53.1 Å². The van der Waals surface area contributed by atoms with Gasteiger partial charge in [0.1, 0.15) is 27.0 Å². The minimum atomic E-state index is -1.04. The number of nitrogens with zero attached hydrogens (tertiary/aromatic N) is 2. The van der Waals surface area contributed by atoms with Gasteiger partial charge in [-0.05, 0) is 44.9 Å². The van der Waals surface area contributed by atoms with Crippen LogP contribution >= 0.6 is 34.5 Å². The van der Waals surface area contributed by atoms with Gasteiger partial charge in [-0.25, -0.2) is 9.37 Å². The highest BCUT2D eigenvalue weighted by atomic mass is 35.5. The molecule has 1 aliphatic carbocycles. The molecule has 12 heteroatoms. The quantitative estimate of drug-likeness (QED) is 0.343. The van der Waals surface area contributed by atoms with Crippen molar-refractivity contribution < 1.29 is 23.5 Å². The van der Waals surface area contributed by atoms with E-state index in [1.54, 1.807) is 26.2 Å². The summed E-state index contributed by atoms with van der Waals surface area (Å²) >= 11 is 13.6. The number of nitrogens with one attached hydrogen (secondary N) is 2. The number of pyridine rings is 1. The molecule has 1 fully saturated rings. The lowest BCUT2D eigenvalue weighted by Gasteiger charge is -2.21. The van der Waals surface area contributed by atoms with E-state index in [1.807, 2.05) is 6.92 Å². The molecule has 0 saturated heterocycles. The summed E-state index contributed by atoms with van der Waals surface area (Å²) < 4.78 is 25.8. The number of hydrogen-bond acceptors (Lipinski definition) is 7. The number of amides is 2.